The smallest absolute Gasteiger partial charge is 0.475 e. The van der Waals surface area contributed by atoms with Crippen molar-refractivity contribution in [1.29, 1.82) is 0 Å². The molecule has 0 aliphatic carbocycles. The number of pyridine rings is 1. The van der Waals surface area contributed by atoms with E-state index in [1.54, 1.807) is 12.3 Å². The van der Waals surface area contributed by atoms with Gasteiger partial charge in [-0.1, -0.05) is 0 Å². The summed E-state index contributed by atoms with van der Waals surface area (Å²) in [6.07, 6.45) is -7.75. The van der Waals surface area contributed by atoms with E-state index in [0.29, 0.717) is 24.5 Å². The monoisotopic (exact) mass is 612 g/mol. The maximum atomic E-state index is 12.1. The number of rotatable bonds is 5. The van der Waals surface area contributed by atoms with Crippen LogP contribution in [-0.4, -0.2) is 107 Å². The van der Waals surface area contributed by atoms with Gasteiger partial charge in [-0.05, 0) is 18.2 Å². The molecule has 42 heavy (non-hydrogen) atoms. The number of carbonyl (C=O) groups excluding carboxylic acids is 2. The Hall–Kier alpha value is -4.39. The number of alkyl halides is 6. The number of nitrogens with one attached hydrogen (secondary N) is 4. The highest BCUT2D eigenvalue weighted by Crippen LogP contribution is 2.25. The van der Waals surface area contributed by atoms with Gasteiger partial charge in [0.2, 0.25) is 0 Å². The summed E-state index contributed by atoms with van der Waals surface area (Å²) in [6, 6.07) is 5.18. The number of H-pyrrole nitrogens is 1. The van der Waals surface area contributed by atoms with Crippen molar-refractivity contribution < 1.29 is 60.5 Å². The minimum atomic E-state index is -5.08. The lowest BCUT2D eigenvalue weighted by molar-refractivity contribution is -0.193. The molecule has 4 heterocycles. The lowest BCUT2D eigenvalue weighted by Gasteiger charge is -2.26. The highest BCUT2D eigenvalue weighted by molar-refractivity contribution is 5.98. The van der Waals surface area contributed by atoms with Crippen LogP contribution in [0.15, 0.2) is 24.4 Å². The van der Waals surface area contributed by atoms with Gasteiger partial charge >= 0.3 is 30.3 Å². The molecule has 4 rings (SSSR count). The summed E-state index contributed by atoms with van der Waals surface area (Å²) >= 11 is 0. The molecular weight excluding hydrogens is 586 g/mol. The number of morpholine rings is 1. The Bertz CT molecular complexity index is 1220. The quantitative estimate of drug-likeness (QED) is 0.275. The summed E-state index contributed by atoms with van der Waals surface area (Å²) in [7, 11) is 0. The standard InChI is InChI=1S/C19H24N6O3.2C2HF3O2/c26-18-14-12-16(23-15(14)2-4-21-18)13-1-3-20-17(11-13)24-19(27)22-5-6-25-7-9-28-10-8-25;2*3-2(4,5)1(6)7/h1,3,11-12,23H,2,4-10H2,(H,21,26)(H2,20,22,24,27);2*(H,6,7). The Morgan fingerprint density at radius 1 is 1.02 bits per heavy atom. The van der Waals surface area contributed by atoms with Crippen LogP contribution in [0.25, 0.3) is 11.3 Å². The van der Waals surface area contributed by atoms with Gasteiger partial charge in [0.25, 0.3) is 5.91 Å². The molecule has 19 heteroatoms. The summed E-state index contributed by atoms with van der Waals surface area (Å²) < 4.78 is 68.8. The fraction of sp³-hybridized carbons (Fsp3) is 0.435. The van der Waals surface area contributed by atoms with Gasteiger partial charge in [-0.25, -0.2) is 19.4 Å². The zero-order valence-electron chi connectivity index (χ0n) is 21.6. The molecule has 0 saturated carbocycles. The molecule has 0 spiro atoms. The minimum Gasteiger partial charge on any atom is -0.475 e. The van der Waals surface area contributed by atoms with Gasteiger partial charge in [-0.2, -0.15) is 26.3 Å². The summed E-state index contributed by atoms with van der Waals surface area (Å²) in [6.45, 7) is 5.26. The largest absolute Gasteiger partial charge is 0.490 e. The molecule has 232 valence electrons. The number of urea groups is 1. The predicted molar refractivity (Wildman–Crippen MR) is 132 cm³/mol. The first kappa shape index (κ1) is 33.8. The van der Waals surface area contributed by atoms with Crippen LogP contribution < -0.4 is 16.0 Å². The molecule has 6 N–H and O–H groups in total. The van der Waals surface area contributed by atoms with Gasteiger partial charge in [0.05, 0.1) is 18.8 Å². The average Bonchev–Trinajstić information content (AvgIpc) is 3.35. The van der Waals surface area contributed by atoms with Crippen molar-refractivity contribution in [1.82, 2.24) is 25.5 Å². The molecule has 2 aliphatic heterocycles. The van der Waals surface area contributed by atoms with E-state index in [1.807, 2.05) is 12.1 Å². The number of fused-ring (bicyclic) bond motifs is 1. The fourth-order valence-corrected chi connectivity index (χ4v) is 3.43. The van der Waals surface area contributed by atoms with Crippen LogP contribution in [-0.2, 0) is 20.7 Å². The number of hydrogen-bond acceptors (Lipinski definition) is 7. The number of carbonyl (C=O) groups is 4. The topological polar surface area (TPSA) is 186 Å². The normalized spacial score (nSPS) is 15.0. The van der Waals surface area contributed by atoms with Gasteiger partial charge in [-0.3, -0.25) is 15.0 Å². The van der Waals surface area contributed by atoms with E-state index in [-0.39, 0.29) is 11.9 Å². The van der Waals surface area contributed by atoms with Gasteiger partial charge < -0.3 is 30.6 Å². The molecule has 2 aliphatic rings. The number of nitrogens with zero attached hydrogens (tertiary/aromatic N) is 2. The molecule has 0 unspecified atom stereocenters. The Kier molecular flexibility index (Phi) is 12.1. The van der Waals surface area contributed by atoms with Crippen molar-refractivity contribution in [2.45, 2.75) is 18.8 Å². The van der Waals surface area contributed by atoms with Crippen molar-refractivity contribution in [3.05, 3.63) is 35.7 Å². The molecule has 2 aromatic rings. The maximum absolute atomic E-state index is 12.1. The zero-order chi connectivity index (χ0) is 31.5. The summed E-state index contributed by atoms with van der Waals surface area (Å²) in [5.41, 5.74) is 3.31. The summed E-state index contributed by atoms with van der Waals surface area (Å²) in [5.74, 6) is -5.12. The van der Waals surface area contributed by atoms with Gasteiger partial charge in [-0.15, -0.1) is 0 Å². The molecule has 0 bridgehead atoms. The predicted octanol–water partition coefficient (Wildman–Crippen LogP) is 2.08. The Balaban J connectivity index is 0.000000367. The van der Waals surface area contributed by atoms with Crippen molar-refractivity contribution in [3.63, 3.8) is 0 Å². The van der Waals surface area contributed by atoms with Gasteiger partial charge in [0.15, 0.2) is 0 Å². The second-order valence-electron chi connectivity index (χ2n) is 8.45. The molecule has 1 fully saturated rings. The van der Waals surface area contributed by atoms with Crippen molar-refractivity contribution in [2.24, 2.45) is 0 Å². The second kappa shape index (κ2) is 15.0. The van der Waals surface area contributed by atoms with Crippen LogP contribution in [0.2, 0.25) is 0 Å². The zero-order valence-corrected chi connectivity index (χ0v) is 21.6. The first-order valence-corrected chi connectivity index (χ1v) is 12.0. The molecule has 2 aromatic heterocycles. The number of aromatic amines is 1. The number of amides is 3. The number of aliphatic carboxylic acids is 2. The number of hydrogen-bond donors (Lipinski definition) is 6. The van der Waals surface area contributed by atoms with E-state index >= 15 is 0 Å². The van der Waals surface area contributed by atoms with Gasteiger partial charge in [0, 0.05) is 62.3 Å². The van der Waals surface area contributed by atoms with Crippen LogP contribution >= 0.6 is 0 Å². The Labute approximate surface area is 233 Å². The van der Waals surface area contributed by atoms with E-state index in [0.717, 1.165) is 56.2 Å². The fourth-order valence-electron chi connectivity index (χ4n) is 3.43. The molecule has 1 saturated heterocycles. The van der Waals surface area contributed by atoms with Crippen molar-refractivity contribution >= 4 is 29.7 Å². The number of ether oxygens (including phenoxy) is 1. The maximum Gasteiger partial charge on any atom is 0.490 e. The third-order valence-corrected chi connectivity index (χ3v) is 5.42. The molecule has 13 nitrogen and oxygen atoms in total. The number of halogens is 6. The Morgan fingerprint density at radius 2 is 1.62 bits per heavy atom. The van der Waals surface area contributed by atoms with Crippen LogP contribution in [0.5, 0.6) is 0 Å². The highest BCUT2D eigenvalue weighted by atomic mass is 19.4. The molecule has 3 amide bonds. The van der Waals surface area contributed by atoms with E-state index in [4.69, 9.17) is 24.5 Å². The molecular formula is C23H26F6N6O7. The second-order valence-corrected chi connectivity index (χ2v) is 8.45. The highest BCUT2D eigenvalue weighted by Gasteiger charge is 2.38. The van der Waals surface area contributed by atoms with Gasteiger partial charge in [0.1, 0.15) is 5.82 Å². The summed E-state index contributed by atoms with van der Waals surface area (Å²) in [4.78, 5) is 51.6. The minimum absolute atomic E-state index is 0.0594. The van der Waals surface area contributed by atoms with Crippen LogP contribution in [0.1, 0.15) is 16.1 Å². The molecule has 0 aromatic carbocycles. The first-order chi connectivity index (χ1) is 19.6. The number of carboxylic acid groups (broad SMARTS) is 2. The van der Waals surface area contributed by atoms with E-state index in [2.05, 4.69) is 30.8 Å². The lowest BCUT2D eigenvalue weighted by atomic mass is 10.1. The van der Waals surface area contributed by atoms with E-state index in [9.17, 15) is 35.9 Å². The summed E-state index contributed by atoms with van der Waals surface area (Å²) in [5, 5.41) is 22.7. The number of anilines is 1. The third-order valence-electron chi connectivity index (χ3n) is 5.42. The van der Waals surface area contributed by atoms with Crippen molar-refractivity contribution in [3.8, 4) is 11.3 Å². The number of carboxylic acids is 2. The van der Waals surface area contributed by atoms with Crippen LogP contribution in [0, 0.1) is 0 Å². The van der Waals surface area contributed by atoms with Crippen LogP contribution in [0.4, 0.5) is 37.0 Å². The molecule has 0 radical (unpaired) electrons. The van der Waals surface area contributed by atoms with E-state index < -0.39 is 24.3 Å². The first-order valence-electron chi connectivity index (χ1n) is 12.0. The lowest BCUT2D eigenvalue weighted by Crippen LogP contribution is -2.42. The number of aromatic nitrogens is 2. The van der Waals surface area contributed by atoms with E-state index in [1.165, 1.54) is 0 Å². The third kappa shape index (κ3) is 11.2. The Morgan fingerprint density at radius 3 is 2.17 bits per heavy atom. The van der Waals surface area contributed by atoms with Crippen LogP contribution in [0.3, 0.4) is 0 Å². The molecule has 0 atom stereocenters. The average molecular weight is 612 g/mol. The SMILES string of the molecule is O=C(NCCN1CCOCC1)Nc1cc(-c2cc3c([nH]2)CCNC3=O)ccn1.O=C(O)C(F)(F)F.O=C(O)C(F)(F)F. The van der Waals surface area contributed by atoms with Crippen molar-refractivity contribution in [2.75, 3.05) is 51.3 Å².